The number of hydrogen-bond donors (Lipinski definition) is 2. The van der Waals surface area contributed by atoms with Crippen molar-refractivity contribution in [3.05, 3.63) is 89.2 Å². The van der Waals surface area contributed by atoms with E-state index in [1.165, 1.54) is 41.3 Å². The maximum atomic E-state index is 13.2. The first-order valence-corrected chi connectivity index (χ1v) is 14.9. The molecule has 2 amide bonds. The number of rotatable bonds is 15. The highest BCUT2D eigenvalue weighted by Gasteiger charge is 2.26. The van der Waals surface area contributed by atoms with Crippen LogP contribution in [0.3, 0.4) is 0 Å². The molecule has 41 heavy (non-hydrogen) atoms. The summed E-state index contributed by atoms with van der Waals surface area (Å²) < 4.78 is 51.7. The van der Waals surface area contributed by atoms with Crippen LogP contribution in [0.2, 0.25) is 5.02 Å². The first kappa shape index (κ1) is 31.9. The summed E-state index contributed by atoms with van der Waals surface area (Å²) in [4.78, 5) is 27.4. The summed E-state index contributed by atoms with van der Waals surface area (Å²) in [6, 6.07) is 16.6. The monoisotopic (exact) mass is 605 g/mol. The van der Waals surface area contributed by atoms with Crippen LogP contribution < -0.4 is 14.8 Å². The van der Waals surface area contributed by atoms with Gasteiger partial charge in [0.1, 0.15) is 17.6 Å². The molecule has 9 nitrogen and oxygen atoms in total. The third-order valence-electron chi connectivity index (χ3n) is 6.00. The van der Waals surface area contributed by atoms with Crippen LogP contribution in [0, 0.1) is 5.82 Å². The average Bonchev–Trinajstić information content (AvgIpc) is 2.96. The minimum absolute atomic E-state index is 0.0421. The molecule has 0 heterocycles. The van der Waals surface area contributed by atoms with Crippen LogP contribution in [0.1, 0.15) is 25.8 Å². The minimum Gasteiger partial charge on any atom is -0.484 e. The normalized spacial score (nSPS) is 11.9. The molecule has 0 aliphatic carbocycles. The average molecular weight is 606 g/mol. The minimum atomic E-state index is -3.92. The first-order chi connectivity index (χ1) is 19.6. The molecule has 0 unspecified atom stereocenters. The van der Waals surface area contributed by atoms with Crippen LogP contribution in [0.5, 0.6) is 5.75 Å². The van der Waals surface area contributed by atoms with Gasteiger partial charge in [0.25, 0.3) is 15.9 Å². The predicted molar refractivity (Wildman–Crippen MR) is 155 cm³/mol. The number of benzene rings is 3. The van der Waals surface area contributed by atoms with E-state index in [9.17, 15) is 22.4 Å². The van der Waals surface area contributed by atoms with Crippen molar-refractivity contribution >= 4 is 39.1 Å². The quantitative estimate of drug-likeness (QED) is 0.244. The van der Waals surface area contributed by atoms with Gasteiger partial charge in [-0.3, -0.25) is 14.3 Å². The molecule has 3 aromatic rings. The highest BCUT2D eigenvalue weighted by molar-refractivity contribution is 7.92. The maximum absolute atomic E-state index is 13.2. The molecule has 220 valence electrons. The van der Waals surface area contributed by atoms with Gasteiger partial charge in [-0.25, -0.2) is 12.8 Å². The molecule has 0 aliphatic heterocycles. The van der Waals surface area contributed by atoms with E-state index in [1.54, 1.807) is 31.2 Å². The zero-order valence-electron chi connectivity index (χ0n) is 22.8. The Morgan fingerprint density at radius 2 is 1.66 bits per heavy atom. The second kappa shape index (κ2) is 15.4. The summed E-state index contributed by atoms with van der Waals surface area (Å²) in [5, 5.41) is 3.38. The molecular formula is C29H33ClFN3O6S. The van der Waals surface area contributed by atoms with E-state index in [-0.39, 0.29) is 35.4 Å². The van der Waals surface area contributed by atoms with Crippen LogP contribution in [0.15, 0.2) is 77.7 Å². The van der Waals surface area contributed by atoms with E-state index in [4.69, 9.17) is 21.1 Å². The number of carbonyl (C=O) groups is 2. The molecule has 0 spiro atoms. The molecule has 1 atom stereocenters. The molecule has 3 aromatic carbocycles. The number of halogens is 2. The summed E-state index contributed by atoms with van der Waals surface area (Å²) in [5.74, 6) is -0.972. The molecule has 2 N–H and O–H groups in total. The summed E-state index contributed by atoms with van der Waals surface area (Å²) in [7, 11) is -3.92. The first-order valence-electron chi connectivity index (χ1n) is 13.0. The Kier molecular flexibility index (Phi) is 11.9. The Morgan fingerprint density at radius 1 is 1.00 bits per heavy atom. The molecule has 0 aliphatic rings. The van der Waals surface area contributed by atoms with Gasteiger partial charge in [0.15, 0.2) is 6.61 Å². The predicted octanol–water partition coefficient (Wildman–Crippen LogP) is 4.62. The molecule has 12 heteroatoms. The number of carbonyl (C=O) groups excluding carboxylic acids is 2. The third-order valence-corrected chi connectivity index (χ3v) is 7.64. The number of nitrogens with zero attached hydrogens (tertiary/aromatic N) is 1. The Bertz CT molecular complexity index is 1390. The standard InChI is InChI=1S/C29H33ClFN3O6S/c1-3-39-18-4-17-32-29(36)21(2)34(19-22-5-7-23(30)8-6-22)28(35)20-40-26-13-15-27(16-14-26)41(37,38)33-25-11-9-24(31)10-12-25/h5-16,21,33H,3-4,17-20H2,1-2H3,(H,32,36)/t21-/m1/s1. The van der Waals surface area contributed by atoms with Gasteiger partial charge in [-0.05, 0) is 86.5 Å². The van der Waals surface area contributed by atoms with Gasteiger partial charge in [0.05, 0.1) is 4.90 Å². The van der Waals surface area contributed by atoms with Crippen molar-refractivity contribution in [1.29, 1.82) is 0 Å². The summed E-state index contributed by atoms with van der Waals surface area (Å²) in [6.07, 6.45) is 0.645. The van der Waals surface area contributed by atoms with Crippen molar-refractivity contribution < 1.29 is 31.9 Å². The van der Waals surface area contributed by atoms with E-state index in [1.807, 2.05) is 6.92 Å². The fraction of sp³-hybridized carbons (Fsp3) is 0.310. The Hall–Kier alpha value is -3.67. The zero-order valence-corrected chi connectivity index (χ0v) is 24.4. The largest absolute Gasteiger partial charge is 0.484 e. The number of anilines is 1. The smallest absolute Gasteiger partial charge is 0.261 e. The van der Waals surface area contributed by atoms with Crippen molar-refractivity contribution in [2.24, 2.45) is 0 Å². The van der Waals surface area contributed by atoms with Crippen molar-refractivity contribution in [3.8, 4) is 5.75 Å². The highest BCUT2D eigenvalue weighted by Crippen LogP contribution is 2.20. The maximum Gasteiger partial charge on any atom is 0.261 e. The van der Waals surface area contributed by atoms with Crippen LogP contribution in [0.4, 0.5) is 10.1 Å². The van der Waals surface area contributed by atoms with Crippen LogP contribution >= 0.6 is 11.6 Å². The second-order valence-electron chi connectivity index (χ2n) is 9.04. The van der Waals surface area contributed by atoms with E-state index in [0.29, 0.717) is 31.2 Å². The lowest BCUT2D eigenvalue weighted by Crippen LogP contribution is -2.49. The summed E-state index contributed by atoms with van der Waals surface area (Å²) >= 11 is 5.99. The fourth-order valence-corrected chi connectivity index (χ4v) is 4.91. The van der Waals surface area contributed by atoms with E-state index < -0.39 is 27.8 Å². The lowest BCUT2D eigenvalue weighted by atomic mass is 10.1. The van der Waals surface area contributed by atoms with Crippen molar-refractivity contribution in [1.82, 2.24) is 10.2 Å². The van der Waals surface area contributed by atoms with Gasteiger partial charge >= 0.3 is 0 Å². The van der Waals surface area contributed by atoms with Gasteiger partial charge < -0.3 is 19.7 Å². The molecule has 0 fully saturated rings. The molecule has 0 radical (unpaired) electrons. The van der Waals surface area contributed by atoms with Gasteiger partial charge in [0.2, 0.25) is 5.91 Å². The topological polar surface area (TPSA) is 114 Å². The molecule has 3 rings (SSSR count). The fourth-order valence-electron chi connectivity index (χ4n) is 3.72. The Balaban J connectivity index is 1.64. The van der Waals surface area contributed by atoms with Gasteiger partial charge in [-0.1, -0.05) is 23.7 Å². The Labute approximate surface area is 244 Å². The van der Waals surface area contributed by atoms with E-state index >= 15 is 0 Å². The van der Waals surface area contributed by atoms with Gasteiger partial charge in [-0.15, -0.1) is 0 Å². The molecular weight excluding hydrogens is 573 g/mol. The summed E-state index contributed by atoms with van der Waals surface area (Å²) in [6.45, 7) is 4.84. The lowest BCUT2D eigenvalue weighted by molar-refractivity contribution is -0.142. The molecule has 0 aromatic heterocycles. The highest BCUT2D eigenvalue weighted by atomic mass is 35.5. The number of ether oxygens (including phenoxy) is 2. The number of nitrogens with one attached hydrogen (secondary N) is 2. The van der Waals surface area contributed by atoms with Crippen molar-refractivity contribution in [3.63, 3.8) is 0 Å². The van der Waals surface area contributed by atoms with Crippen LogP contribution in [-0.4, -0.2) is 57.5 Å². The number of hydrogen-bond acceptors (Lipinski definition) is 6. The number of amides is 2. The van der Waals surface area contributed by atoms with Crippen LogP contribution in [0.25, 0.3) is 0 Å². The summed E-state index contributed by atoms with van der Waals surface area (Å²) in [5.41, 5.74) is 0.993. The lowest BCUT2D eigenvalue weighted by Gasteiger charge is -2.28. The third kappa shape index (κ3) is 10.0. The van der Waals surface area contributed by atoms with Crippen molar-refractivity contribution in [2.75, 3.05) is 31.1 Å². The molecule has 0 saturated carbocycles. The van der Waals surface area contributed by atoms with E-state index in [2.05, 4.69) is 10.0 Å². The van der Waals surface area contributed by atoms with Crippen molar-refractivity contribution in [2.45, 2.75) is 37.8 Å². The zero-order chi connectivity index (χ0) is 29.8. The van der Waals surface area contributed by atoms with E-state index in [0.717, 1.165) is 17.7 Å². The molecule has 0 bridgehead atoms. The van der Waals surface area contributed by atoms with Crippen LogP contribution in [-0.2, 0) is 30.9 Å². The molecule has 0 saturated heterocycles. The second-order valence-corrected chi connectivity index (χ2v) is 11.2. The number of sulfonamides is 1. The Morgan fingerprint density at radius 3 is 2.29 bits per heavy atom. The SMILES string of the molecule is CCOCCCNC(=O)[C@@H](C)N(Cc1ccc(Cl)cc1)C(=O)COc1ccc(S(=O)(=O)Nc2ccc(F)cc2)cc1. The van der Waals surface area contributed by atoms with Gasteiger partial charge in [-0.2, -0.15) is 0 Å². The van der Waals surface area contributed by atoms with Gasteiger partial charge in [0, 0.05) is 37.0 Å².